The predicted octanol–water partition coefficient (Wildman–Crippen LogP) is 3.88. The van der Waals surface area contributed by atoms with Crippen LogP contribution in [-0.2, 0) is 13.1 Å². The third-order valence-electron chi connectivity index (χ3n) is 6.04. The van der Waals surface area contributed by atoms with Crippen LogP contribution in [0.3, 0.4) is 0 Å². The van der Waals surface area contributed by atoms with Crippen LogP contribution in [0.4, 0.5) is 0 Å². The molecule has 1 aromatic heterocycles. The molecule has 0 radical (unpaired) electrons. The van der Waals surface area contributed by atoms with Crippen molar-refractivity contribution in [1.82, 2.24) is 14.4 Å². The van der Waals surface area contributed by atoms with Gasteiger partial charge in [-0.15, -0.1) is 0 Å². The summed E-state index contributed by atoms with van der Waals surface area (Å²) >= 11 is 0. The van der Waals surface area contributed by atoms with Gasteiger partial charge in [0.2, 0.25) is 0 Å². The van der Waals surface area contributed by atoms with Crippen LogP contribution < -0.4 is 0 Å². The van der Waals surface area contributed by atoms with Crippen molar-refractivity contribution >= 4 is 5.91 Å². The molecule has 2 atom stereocenters. The van der Waals surface area contributed by atoms with Crippen LogP contribution in [0, 0.1) is 6.92 Å². The van der Waals surface area contributed by atoms with E-state index in [1.807, 2.05) is 30.3 Å². The molecule has 3 aromatic rings. The number of aromatic nitrogens is 1. The van der Waals surface area contributed by atoms with E-state index in [0.717, 1.165) is 25.3 Å². The van der Waals surface area contributed by atoms with Gasteiger partial charge in [-0.25, -0.2) is 0 Å². The van der Waals surface area contributed by atoms with Gasteiger partial charge in [-0.05, 0) is 30.2 Å². The Kier molecular flexibility index (Phi) is 4.29. The topological polar surface area (TPSA) is 28.5 Å². The van der Waals surface area contributed by atoms with Crippen LogP contribution in [0.25, 0.3) is 0 Å². The van der Waals surface area contributed by atoms with E-state index in [1.165, 1.54) is 16.7 Å². The lowest BCUT2D eigenvalue weighted by Crippen LogP contribution is -2.49. The number of hydrogen-bond donors (Lipinski definition) is 0. The molecule has 2 aliphatic rings. The summed E-state index contributed by atoms with van der Waals surface area (Å²) in [6.45, 7) is 5.62. The summed E-state index contributed by atoms with van der Waals surface area (Å²) in [5.41, 5.74) is 4.64. The summed E-state index contributed by atoms with van der Waals surface area (Å²) in [5, 5.41) is 0. The van der Waals surface area contributed by atoms with E-state index in [2.05, 4.69) is 63.9 Å². The Balaban J connectivity index is 1.43. The first kappa shape index (κ1) is 17.3. The van der Waals surface area contributed by atoms with Crippen molar-refractivity contribution in [3.05, 3.63) is 95.3 Å². The standard InChI is InChI=1S/C24H25N3O/c1-18-7-5-10-20(13-18)14-25-16-22-23(17-25)27(15-19-8-3-2-4-9-19)24(28)21-11-6-12-26(21)22/h2-13,22-23H,14-17H2,1H3/t22-,23-/m1/s1. The van der Waals surface area contributed by atoms with E-state index >= 15 is 0 Å². The number of carbonyl (C=O) groups excluding carboxylic acids is 1. The first-order chi connectivity index (χ1) is 13.7. The van der Waals surface area contributed by atoms with E-state index < -0.39 is 0 Å². The van der Waals surface area contributed by atoms with Crippen LogP contribution in [0.1, 0.15) is 33.2 Å². The number of fused-ring (bicyclic) bond motifs is 3. The maximum atomic E-state index is 13.2. The van der Waals surface area contributed by atoms with E-state index in [1.54, 1.807) is 0 Å². The van der Waals surface area contributed by atoms with Crippen LogP contribution >= 0.6 is 0 Å². The Morgan fingerprint density at radius 3 is 2.46 bits per heavy atom. The first-order valence-corrected chi connectivity index (χ1v) is 9.99. The van der Waals surface area contributed by atoms with Gasteiger partial charge in [0.1, 0.15) is 5.69 Å². The quantitative estimate of drug-likeness (QED) is 0.696. The highest BCUT2D eigenvalue weighted by atomic mass is 16.2. The number of likely N-dealkylation sites (tertiary alicyclic amines) is 1. The van der Waals surface area contributed by atoms with E-state index in [4.69, 9.17) is 0 Å². The molecule has 142 valence electrons. The Bertz CT molecular complexity index is 994. The summed E-state index contributed by atoms with van der Waals surface area (Å²) in [5.74, 6) is 0.146. The molecule has 1 fully saturated rings. The van der Waals surface area contributed by atoms with E-state index in [0.29, 0.717) is 12.6 Å². The highest BCUT2D eigenvalue weighted by Gasteiger charge is 2.44. The van der Waals surface area contributed by atoms with Crippen molar-refractivity contribution in [1.29, 1.82) is 0 Å². The lowest BCUT2D eigenvalue weighted by Gasteiger charge is -2.38. The molecule has 3 heterocycles. The molecule has 28 heavy (non-hydrogen) atoms. The van der Waals surface area contributed by atoms with Gasteiger partial charge >= 0.3 is 0 Å². The van der Waals surface area contributed by atoms with Crippen molar-refractivity contribution in [2.75, 3.05) is 13.1 Å². The minimum Gasteiger partial charge on any atom is -0.337 e. The number of carbonyl (C=O) groups is 1. The molecule has 0 bridgehead atoms. The largest absolute Gasteiger partial charge is 0.337 e. The zero-order valence-electron chi connectivity index (χ0n) is 16.2. The fraction of sp³-hybridized carbons (Fsp3) is 0.292. The minimum atomic E-state index is 0.146. The van der Waals surface area contributed by atoms with Crippen molar-refractivity contribution in [2.45, 2.75) is 32.1 Å². The average molecular weight is 371 g/mol. The Labute approximate surface area is 166 Å². The summed E-state index contributed by atoms with van der Waals surface area (Å²) in [7, 11) is 0. The normalized spacial score (nSPS) is 21.6. The molecule has 4 heteroatoms. The molecule has 1 amide bonds. The Morgan fingerprint density at radius 1 is 0.857 bits per heavy atom. The fourth-order valence-electron chi connectivity index (χ4n) is 4.76. The lowest BCUT2D eigenvalue weighted by molar-refractivity contribution is 0.0556. The number of rotatable bonds is 4. The number of amides is 1. The predicted molar refractivity (Wildman–Crippen MR) is 110 cm³/mol. The summed E-state index contributed by atoms with van der Waals surface area (Å²) < 4.78 is 2.20. The smallest absolute Gasteiger partial charge is 0.271 e. The van der Waals surface area contributed by atoms with Crippen molar-refractivity contribution < 1.29 is 4.79 Å². The molecule has 1 saturated heterocycles. The Hall–Kier alpha value is -2.85. The second kappa shape index (κ2) is 6.95. The van der Waals surface area contributed by atoms with Crippen LogP contribution in [0.2, 0.25) is 0 Å². The zero-order valence-corrected chi connectivity index (χ0v) is 16.2. The molecular formula is C24H25N3O. The monoisotopic (exact) mass is 371 g/mol. The van der Waals surface area contributed by atoms with Gasteiger partial charge < -0.3 is 9.47 Å². The second-order valence-electron chi connectivity index (χ2n) is 8.04. The third kappa shape index (κ3) is 3.04. The lowest BCUT2D eigenvalue weighted by atomic mass is 10.0. The molecule has 0 unspecified atom stereocenters. The van der Waals surface area contributed by atoms with E-state index in [-0.39, 0.29) is 11.9 Å². The van der Waals surface area contributed by atoms with Gasteiger partial charge in [0, 0.05) is 32.4 Å². The number of aryl methyl sites for hydroxylation is 1. The second-order valence-corrected chi connectivity index (χ2v) is 8.04. The molecule has 0 saturated carbocycles. The van der Waals surface area contributed by atoms with Crippen LogP contribution in [0.15, 0.2) is 72.9 Å². The highest BCUT2D eigenvalue weighted by molar-refractivity contribution is 5.94. The van der Waals surface area contributed by atoms with Crippen LogP contribution in [0.5, 0.6) is 0 Å². The summed E-state index contributed by atoms with van der Waals surface area (Å²) in [4.78, 5) is 17.8. The summed E-state index contributed by atoms with van der Waals surface area (Å²) in [6.07, 6.45) is 2.07. The molecule has 2 aromatic carbocycles. The number of nitrogens with zero attached hydrogens (tertiary/aromatic N) is 3. The third-order valence-corrected chi connectivity index (χ3v) is 6.04. The number of hydrogen-bond acceptors (Lipinski definition) is 2. The maximum Gasteiger partial charge on any atom is 0.271 e. The molecule has 2 aliphatic heterocycles. The van der Waals surface area contributed by atoms with Crippen LogP contribution in [-0.4, -0.2) is 39.4 Å². The molecule has 0 aliphatic carbocycles. The van der Waals surface area contributed by atoms with Crippen molar-refractivity contribution in [2.24, 2.45) is 0 Å². The minimum absolute atomic E-state index is 0.146. The summed E-state index contributed by atoms with van der Waals surface area (Å²) in [6, 6.07) is 23.5. The Morgan fingerprint density at radius 2 is 1.64 bits per heavy atom. The average Bonchev–Trinajstić information content (AvgIpc) is 3.33. The molecule has 5 rings (SSSR count). The molecule has 4 nitrogen and oxygen atoms in total. The SMILES string of the molecule is Cc1cccc(CN2C[C@@H]3[C@@H](C2)n2cccc2C(=O)N3Cc2ccccc2)c1. The molecule has 0 N–H and O–H groups in total. The first-order valence-electron chi connectivity index (χ1n) is 9.99. The molecular weight excluding hydrogens is 346 g/mol. The fourth-order valence-corrected chi connectivity index (χ4v) is 4.76. The van der Waals surface area contributed by atoms with E-state index in [9.17, 15) is 4.79 Å². The molecule has 0 spiro atoms. The van der Waals surface area contributed by atoms with Gasteiger partial charge in [0.25, 0.3) is 5.91 Å². The van der Waals surface area contributed by atoms with Crippen molar-refractivity contribution in [3.63, 3.8) is 0 Å². The maximum absolute atomic E-state index is 13.2. The van der Waals surface area contributed by atoms with Gasteiger partial charge in [-0.1, -0.05) is 60.2 Å². The van der Waals surface area contributed by atoms with Gasteiger partial charge in [-0.3, -0.25) is 9.69 Å². The van der Waals surface area contributed by atoms with Gasteiger partial charge in [0.15, 0.2) is 0 Å². The highest BCUT2D eigenvalue weighted by Crippen LogP contribution is 2.35. The number of benzene rings is 2. The van der Waals surface area contributed by atoms with Crippen molar-refractivity contribution in [3.8, 4) is 0 Å². The zero-order chi connectivity index (χ0) is 19.1. The van der Waals surface area contributed by atoms with Gasteiger partial charge in [0.05, 0.1) is 12.1 Å². The van der Waals surface area contributed by atoms with Gasteiger partial charge in [-0.2, -0.15) is 0 Å².